The van der Waals surface area contributed by atoms with Crippen LogP contribution in [-0.4, -0.2) is 0 Å². The maximum absolute atomic E-state index is 2.35. The van der Waals surface area contributed by atoms with Gasteiger partial charge in [0.15, 0.2) is 0 Å². The summed E-state index contributed by atoms with van der Waals surface area (Å²) in [5, 5.41) is 4.83. The van der Waals surface area contributed by atoms with Crippen molar-refractivity contribution in [2.75, 3.05) is 19.6 Å². The molecule has 13 rings (SSSR count). The molecular formula is C74H54N4. The predicted molar refractivity (Wildman–Crippen MR) is 331 cm³/mol. The highest BCUT2D eigenvalue weighted by Crippen LogP contribution is 2.43. The van der Waals surface area contributed by atoms with Crippen LogP contribution in [0.15, 0.2) is 328 Å². The van der Waals surface area contributed by atoms with Crippen molar-refractivity contribution in [3.63, 3.8) is 0 Å². The van der Waals surface area contributed by atoms with Gasteiger partial charge in [0.25, 0.3) is 0 Å². The van der Waals surface area contributed by atoms with Gasteiger partial charge in [-0.3, -0.25) is 0 Å². The summed E-state index contributed by atoms with van der Waals surface area (Å²) in [5.41, 5.74) is 17.9. The summed E-state index contributed by atoms with van der Waals surface area (Å²) in [4.78, 5) is 9.28. The van der Waals surface area contributed by atoms with Crippen LogP contribution in [0.1, 0.15) is 0 Å². The van der Waals surface area contributed by atoms with Crippen LogP contribution in [0.25, 0.3) is 43.8 Å². The van der Waals surface area contributed by atoms with Crippen LogP contribution in [-0.2, 0) is 0 Å². The zero-order valence-electron chi connectivity index (χ0n) is 43.0. The maximum atomic E-state index is 2.35. The van der Waals surface area contributed by atoms with E-state index in [1.54, 1.807) is 0 Å². The number of anilines is 12. The van der Waals surface area contributed by atoms with Gasteiger partial charge in [0, 0.05) is 68.2 Å². The maximum Gasteiger partial charge on any atom is 0.0468 e. The van der Waals surface area contributed by atoms with Gasteiger partial charge in [0.2, 0.25) is 0 Å². The van der Waals surface area contributed by atoms with Crippen LogP contribution in [0.5, 0.6) is 0 Å². The lowest BCUT2D eigenvalue weighted by Gasteiger charge is -2.27. The van der Waals surface area contributed by atoms with Gasteiger partial charge in [-0.15, -0.1) is 0 Å². The molecule has 0 N–H and O–H groups in total. The van der Waals surface area contributed by atoms with Crippen molar-refractivity contribution in [1.82, 2.24) is 0 Å². The number of nitrogens with zero attached hydrogens (tertiary/aromatic N) is 4. The van der Waals surface area contributed by atoms with Crippen LogP contribution in [0.4, 0.5) is 68.2 Å². The fourth-order valence-electron chi connectivity index (χ4n) is 10.8. The summed E-state index contributed by atoms with van der Waals surface area (Å²) in [5.74, 6) is 0. The van der Waals surface area contributed by atoms with Gasteiger partial charge in [-0.2, -0.15) is 0 Å². The van der Waals surface area contributed by atoms with E-state index in [1.807, 2.05) is 0 Å². The van der Waals surface area contributed by atoms with Crippen molar-refractivity contribution in [3.05, 3.63) is 328 Å². The Hall–Kier alpha value is -10.4. The third-order valence-corrected chi connectivity index (χ3v) is 14.6. The summed E-state index contributed by atoms with van der Waals surface area (Å²) in [6.45, 7) is 0. The molecule has 370 valence electrons. The van der Waals surface area contributed by atoms with Crippen molar-refractivity contribution in [3.8, 4) is 22.3 Å². The minimum absolute atomic E-state index is 1.08. The van der Waals surface area contributed by atoms with Crippen LogP contribution in [0.2, 0.25) is 0 Å². The van der Waals surface area contributed by atoms with Gasteiger partial charge in [0.05, 0.1) is 0 Å². The van der Waals surface area contributed by atoms with Crippen molar-refractivity contribution in [2.24, 2.45) is 0 Å². The monoisotopic (exact) mass is 998 g/mol. The molecule has 0 unspecified atom stereocenters. The van der Waals surface area contributed by atoms with Crippen LogP contribution < -0.4 is 19.6 Å². The number of para-hydroxylation sites is 6. The Bertz CT molecular complexity index is 4000. The van der Waals surface area contributed by atoms with Crippen LogP contribution >= 0.6 is 0 Å². The first-order valence-electron chi connectivity index (χ1n) is 26.6. The smallest absolute Gasteiger partial charge is 0.0468 e. The van der Waals surface area contributed by atoms with Gasteiger partial charge < -0.3 is 19.6 Å². The second kappa shape index (κ2) is 21.4. The molecule has 0 radical (unpaired) electrons. The van der Waals surface area contributed by atoms with Gasteiger partial charge >= 0.3 is 0 Å². The van der Waals surface area contributed by atoms with Crippen molar-refractivity contribution in [2.45, 2.75) is 0 Å². The lowest BCUT2D eigenvalue weighted by atomic mass is 9.99. The Morgan fingerprint density at radius 2 is 0.321 bits per heavy atom. The average Bonchev–Trinajstić information content (AvgIpc) is 3.55. The van der Waals surface area contributed by atoms with Crippen molar-refractivity contribution in [1.29, 1.82) is 0 Å². The van der Waals surface area contributed by atoms with E-state index >= 15 is 0 Å². The first-order valence-corrected chi connectivity index (χ1v) is 26.6. The number of rotatable bonds is 14. The van der Waals surface area contributed by atoms with E-state index in [4.69, 9.17) is 0 Å². The lowest BCUT2D eigenvalue weighted by molar-refractivity contribution is 1.28. The average molecular weight is 999 g/mol. The van der Waals surface area contributed by atoms with Gasteiger partial charge in [-0.05, 0) is 189 Å². The molecule has 0 heterocycles. The second-order valence-corrected chi connectivity index (χ2v) is 19.4. The van der Waals surface area contributed by atoms with E-state index in [0.717, 1.165) is 90.5 Å². The predicted octanol–water partition coefficient (Wildman–Crippen LogP) is 21.2. The summed E-state index contributed by atoms with van der Waals surface area (Å²) < 4.78 is 0. The largest absolute Gasteiger partial charge is 0.311 e. The minimum Gasteiger partial charge on any atom is -0.311 e. The highest BCUT2D eigenvalue weighted by atomic mass is 15.2. The number of hydrogen-bond donors (Lipinski definition) is 0. The normalized spacial score (nSPS) is 11.1. The second-order valence-electron chi connectivity index (χ2n) is 19.4. The summed E-state index contributed by atoms with van der Waals surface area (Å²) >= 11 is 0. The van der Waals surface area contributed by atoms with Gasteiger partial charge in [0.1, 0.15) is 0 Å². The van der Waals surface area contributed by atoms with E-state index in [0.29, 0.717) is 0 Å². The third kappa shape index (κ3) is 9.62. The Labute approximate surface area is 456 Å². The molecule has 0 aromatic heterocycles. The fourth-order valence-corrected chi connectivity index (χ4v) is 10.8. The molecule has 13 aromatic rings. The molecule has 0 spiro atoms. The van der Waals surface area contributed by atoms with E-state index in [2.05, 4.69) is 347 Å². The molecule has 0 saturated heterocycles. The molecule has 78 heavy (non-hydrogen) atoms. The van der Waals surface area contributed by atoms with Crippen LogP contribution in [0.3, 0.4) is 0 Å². The molecular weight excluding hydrogens is 945 g/mol. The van der Waals surface area contributed by atoms with Crippen molar-refractivity contribution >= 4 is 89.8 Å². The molecule has 13 aromatic carbocycles. The summed E-state index contributed by atoms with van der Waals surface area (Å²) in [6, 6.07) is 117. The SMILES string of the molecule is c1ccc(N(c2ccccc2)c2ccc(-c3ccc(N(c4ccccc4)c4ccc(-c5ccc(N(c6ccccc6)c6ccc7c(ccc8cc(N(c9ccccc9)c9ccccc9)ccc87)c6)cc5)cc4)cc3)cc2)cc1. The molecule has 0 saturated carbocycles. The van der Waals surface area contributed by atoms with E-state index in [-0.39, 0.29) is 0 Å². The summed E-state index contributed by atoms with van der Waals surface area (Å²) in [7, 11) is 0. The minimum atomic E-state index is 1.08. The quantitative estimate of drug-likeness (QED) is 0.101. The van der Waals surface area contributed by atoms with Crippen LogP contribution in [0, 0.1) is 0 Å². The Morgan fingerprint density at radius 1 is 0.141 bits per heavy atom. The van der Waals surface area contributed by atoms with E-state index < -0.39 is 0 Å². The number of hydrogen-bond acceptors (Lipinski definition) is 4. The molecule has 4 nitrogen and oxygen atoms in total. The molecule has 0 atom stereocenters. The molecule has 0 bridgehead atoms. The molecule has 0 amide bonds. The third-order valence-electron chi connectivity index (χ3n) is 14.6. The first kappa shape index (κ1) is 47.3. The van der Waals surface area contributed by atoms with Crippen molar-refractivity contribution < 1.29 is 0 Å². The first-order chi connectivity index (χ1) is 38.7. The zero-order valence-corrected chi connectivity index (χ0v) is 43.0. The molecule has 0 fully saturated rings. The fraction of sp³-hybridized carbons (Fsp3) is 0. The molecule has 0 aliphatic carbocycles. The van der Waals surface area contributed by atoms with Gasteiger partial charge in [-0.1, -0.05) is 182 Å². The molecule has 4 heteroatoms. The molecule has 0 aliphatic rings. The Kier molecular flexibility index (Phi) is 13.0. The Balaban J connectivity index is 0.761. The molecule has 0 aliphatic heterocycles. The van der Waals surface area contributed by atoms with E-state index in [1.165, 1.54) is 21.5 Å². The number of benzene rings is 13. The lowest BCUT2D eigenvalue weighted by Crippen LogP contribution is -2.10. The zero-order chi connectivity index (χ0) is 52.0. The Morgan fingerprint density at radius 3 is 0.538 bits per heavy atom. The standard InChI is InChI=1S/C74H54N4/c1-7-19-61(20-8-1)75(62-21-9-2-10-22-62)67-41-33-55(34-42-67)56-35-43-68(44-36-56)76(63-23-11-3-12-24-63)69-45-37-57(38-46-69)58-39-47-70(48-40-58)78(66-29-17-6-18-30-66)72-50-52-74-60(54-72)32-31-59-53-71(49-51-73(59)74)77(64-25-13-4-14-26-64)65-27-15-5-16-28-65/h1-54H. The topological polar surface area (TPSA) is 13.0 Å². The highest BCUT2D eigenvalue weighted by molar-refractivity contribution is 6.10. The summed E-state index contributed by atoms with van der Waals surface area (Å²) in [6.07, 6.45) is 0. The highest BCUT2D eigenvalue weighted by Gasteiger charge is 2.18. The van der Waals surface area contributed by atoms with E-state index in [9.17, 15) is 0 Å². The van der Waals surface area contributed by atoms with Gasteiger partial charge in [-0.25, -0.2) is 0 Å². The number of fused-ring (bicyclic) bond motifs is 3.